The molecule has 1 saturated heterocycles. The maximum Gasteiger partial charge on any atom is 0.223 e. The maximum atomic E-state index is 13.0. The summed E-state index contributed by atoms with van der Waals surface area (Å²) in [4.78, 5) is 11.8. The largest absolute Gasteiger partial charge is 0.394 e. The van der Waals surface area contributed by atoms with Gasteiger partial charge in [0, 0.05) is 5.92 Å². The lowest BCUT2D eigenvalue weighted by atomic mass is 10.0. The van der Waals surface area contributed by atoms with Crippen molar-refractivity contribution in [1.82, 2.24) is 19.5 Å². The van der Waals surface area contributed by atoms with E-state index in [-0.39, 0.29) is 16.7 Å². The second-order valence-corrected chi connectivity index (χ2v) is 5.11. The molecule has 1 aliphatic rings. The number of anilines is 1. The molecule has 21 heavy (non-hydrogen) atoms. The molecule has 0 amide bonds. The van der Waals surface area contributed by atoms with Crippen LogP contribution in [-0.2, 0) is 4.74 Å². The normalized spacial score (nSPS) is 29.3. The van der Waals surface area contributed by atoms with E-state index in [0.29, 0.717) is 5.52 Å². The fourth-order valence-corrected chi connectivity index (χ4v) is 2.70. The van der Waals surface area contributed by atoms with E-state index in [4.69, 9.17) is 22.1 Å². The molecule has 0 bridgehead atoms. The predicted molar refractivity (Wildman–Crippen MR) is 71.2 cm³/mol. The number of nitrogen functional groups attached to an aromatic ring is 1. The summed E-state index contributed by atoms with van der Waals surface area (Å²) >= 11 is 5.92. The van der Waals surface area contributed by atoms with E-state index >= 15 is 0 Å². The van der Waals surface area contributed by atoms with E-state index in [1.54, 1.807) is 0 Å². The van der Waals surface area contributed by atoms with Crippen molar-refractivity contribution in [3.05, 3.63) is 11.5 Å². The molecule has 0 aliphatic carbocycles. The Balaban J connectivity index is 2.05. The highest BCUT2D eigenvalue weighted by molar-refractivity contribution is 6.33. The lowest BCUT2D eigenvalue weighted by Crippen LogP contribution is -2.29. The third kappa shape index (κ3) is 2.22. The molecule has 2 aromatic heterocycles. The highest BCUT2D eigenvalue weighted by Gasteiger charge is 2.44. The zero-order valence-electron chi connectivity index (χ0n) is 10.7. The molecule has 10 heteroatoms. The summed E-state index contributed by atoms with van der Waals surface area (Å²) in [5, 5.41) is 19.5. The number of aromatic nitrogens is 4. The van der Waals surface area contributed by atoms with Crippen LogP contribution in [-0.4, -0.2) is 55.2 Å². The highest BCUT2D eigenvalue weighted by Crippen LogP contribution is 2.36. The number of hydrogen-bond acceptors (Lipinski definition) is 7. The Morgan fingerprint density at radius 2 is 2.24 bits per heavy atom. The first kappa shape index (κ1) is 14.4. The maximum absolute atomic E-state index is 13.0. The quantitative estimate of drug-likeness (QED) is 0.676. The monoisotopic (exact) mass is 317 g/mol. The molecule has 1 aliphatic heterocycles. The summed E-state index contributed by atoms with van der Waals surface area (Å²) in [6.07, 6.45) is -1.53. The van der Waals surface area contributed by atoms with Crippen LogP contribution < -0.4 is 5.73 Å². The minimum Gasteiger partial charge on any atom is -0.394 e. The second-order valence-electron chi connectivity index (χ2n) is 4.75. The molecule has 4 atom stereocenters. The van der Waals surface area contributed by atoms with Crippen LogP contribution in [0.2, 0.25) is 5.15 Å². The van der Waals surface area contributed by atoms with Crippen LogP contribution in [0.15, 0.2) is 6.33 Å². The number of fused-ring (bicyclic) bond motifs is 1. The fourth-order valence-electron chi connectivity index (χ4n) is 2.48. The Morgan fingerprint density at radius 3 is 2.86 bits per heavy atom. The van der Waals surface area contributed by atoms with E-state index in [1.807, 2.05) is 0 Å². The Kier molecular flexibility index (Phi) is 3.66. The molecule has 3 rings (SSSR count). The summed E-state index contributed by atoms with van der Waals surface area (Å²) in [5.74, 6) is -0.880. The minimum atomic E-state index is -1.15. The lowest BCUT2D eigenvalue weighted by Gasteiger charge is -2.17. The Bertz CT molecular complexity index is 669. The van der Waals surface area contributed by atoms with Crippen LogP contribution in [0.3, 0.4) is 0 Å². The summed E-state index contributed by atoms with van der Waals surface area (Å²) in [6.45, 7) is -1.21. The second kappa shape index (κ2) is 5.34. The molecule has 114 valence electrons. The number of halogens is 2. The van der Waals surface area contributed by atoms with Crippen molar-refractivity contribution in [3.8, 4) is 0 Å². The van der Waals surface area contributed by atoms with Crippen molar-refractivity contribution in [1.29, 1.82) is 0 Å². The van der Waals surface area contributed by atoms with Crippen LogP contribution in [0.5, 0.6) is 0 Å². The third-order valence-corrected chi connectivity index (χ3v) is 3.81. The van der Waals surface area contributed by atoms with Gasteiger partial charge >= 0.3 is 0 Å². The van der Waals surface area contributed by atoms with Crippen molar-refractivity contribution in [2.24, 2.45) is 5.92 Å². The van der Waals surface area contributed by atoms with Crippen LogP contribution in [0.1, 0.15) is 6.23 Å². The number of nitrogens with two attached hydrogens (primary N) is 1. The molecule has 8 nitrogen and oxygen atoms in total. The van der Waals surface area contributed by atoms with E-state index in [0.717, 1.165) is 0 Å². The van der Waals surface area contributed by atoms with Gasteiger partial charge in [-0.15, -0.1) is 0 Å². The number of aliphatic hydroxyl groups is 2. The van der Waals surface area contributed by atoms with Gasteiger partial charge in [0.1, 0.15) is 11.6 Å². The van der Waals surface area contributed by atoms with Gasteiger partial charge in [-0.2, -0.15) is 9.97 Å². The Morgan fingerprint density at radius 1 is 1.48 bits per heavy atom. The molecular formula is C11H13ClFN5O3. The molecule has 3 heterocycles. The van der Waals surface area contributed by atoms with E-state index < -0.39 is 37.6 Å². The fraction of sp³-hybridized carbons (Fsp3) is 0.545. The number of imidazole rings is 1. The molecule has 4 N–H and O–H groups in total. The van der Waals surface area contributed by atoms with Crippen LogP contribution in [0, 0.1) is 5.92 Å². The summed E-state index contributed by atoms with van der Waals surface area (Å²) < 4.78 is 19.9. The average molecular weight is 318 g/mol. The summed E-state index contributed by atoms with van der Waals surface area (Å²) in [7, 11) is 0. The van der Waals surface area contributed by atoms with Crippen molar-refractivity contribution in [3.63, 3.8) is 0 Å². The highest BCUT2D eigenvalue weighted by atomic mass is 35.5. The van der Waals surface area contributed by atoms with Crippen molar-refractivity contribution in [2.75, 3.05) is 19.0 Å². The number of hydrogen-bond donors (Lipinski definition) is 3. The average Bonchev–Trinajstić information content (AvgIpc) is 2.99. The van der Waals surface area contributed by atoms with E-state index in [1.165, 1.54) is 10.9 Å². The molecule has 0 aromatic carbocycles. The molecule has 1 fully saturated rings. The van der Waals surface area contributed by atoms with Gasteiger partial charge in [-0.25, -0.2) is 4.98 Å². The Hall–Kier alpha value is -1.55. The third-order valence-electron chi connectivity index (χ3n) is 3.55. The van der Waals surface area contributed by atoms with Crippen LogP contribution in [0.25, 0.3) is 11.2 Å². The van der Waals surface area contributed by atoms with Crippen molar-refractivity contribution in [2.45, 2.75) is 18.4 Å². The smallest absolute Gasteiger partial charge is 0.223 e. The van der Waals surface area contributed by atoms with Gasteiger partial charge < -0.3 is 20.7 Å². The SMILES string of the molecule is Nc1nc(Cl)c2ncn([C@@H]3O[C@H](CO)[C@@H](CF)[C@H]3O)c2n1. The van der Waals surface area contributed by atoms with Gasteiger partial charge in [0.2, 0.25) is 5.95 Å². The lowest BCUT2D eigenvalue weighted by molar-refractivity contribution is -0.0494. The summed E-state index contributed by atoms with van der Waals surface area (Å²) in [5.41, 5.74) is 6.11. The zero-order chi connectivity index (χ0) is 15.1. The number of nitrogens with zero attached hydrogens (tertiary/aromatic N) is 4. The Labute approximate surface area is 123 Å². The molecule has 0 spiro atoms. The molecule has 0 radical (unpaired) electrons. The van der Waals surface area contributed by atoms with Gasteiger partial charge in [-0.05, 0) is 0 Å². The van der Waals surface area contributed by atoms with Crippen molar-refractivity contribution >= 4 is 28.7 Å². The first-order valence-electron chi connectivity index (χ1n) is 6.22. The predicted octanol–water partition coefficient (Wildman–Crippen LogP) is -0.102. The van der Waals surface area contributed by atoms with Gasteiger partial charge in [0.05, 0.1) is 25.7 Å². The molecule has 0 unspecified atom stereocenters. The topological polar surface area (TPSA) is 119 Å². The molecular weight excluding hydrogens is 305 g/mol. The van der Waals surface area contributed by atoms with Crippen LogP contribution >= 0.6 is 11.6 Å². The number of aliphatic hydroxyl groups excluding tert-OH is 2. The first-order chi connectivity index (χ1) is 10.1. The van der Waals surface area contributed by atoms with Crippen LogP contribution in [0.4, 0.5) is 10.3 Å². The van der Waals surface area contributed by atoms with Gasteiger partial charge in [0.15, 0.2) is 17.0 Å². The zero-order valence-corrected chi connectivity index (χ0v) is 11.5. The number of rotatable bonds is 3. The van der Waals surface area contributed by atoms with Crippen molar-refractivity contribution < 1.29 is 19.3 Å². The van der Waals surface area contributed by atoms with E-state index in [9.17, 15) is 14.6 Å². The number of alkyl halides is 1. The minimum absolute atomic E-state index is 0.0533. The van der Waals surface area contributed by atoms with Gasteiger partial charge in [-0.3, -0.25) is 8.96 Å². The standard InChI is InChI=1S/C11H13ClFN5O3/c12-8-6-9(17-11(14)16-8)18(3-15-6)10-7(20)4(1-13)5(2-19)21-10/h3-5,7,10,19-20H,1-2H2,(H2,14,16,17)/t4-,5-,7-,10-/m1/s1. The first-order valence-corrected chi connectivity index (χ1v) is 6.60. The van der Waals surface area contributed by atoms with E-state index in [2.05, 4.69) is 15.0 Å². The molecule has 0 saturated carbocycles. The molecule has 2 aromatic rings. The number of ether oxygens (including phenoxy) is 1. The van der Waals surface area contributed by atoms with Gasteiger partial charge in [-0.1, -0.05) is 11.6 Å². The summed E-state index contributed by atoms with van der Waals surface area (Å²) in [6, 6.07) is 0. The van der Waals surface area contributed by atoms with Gasteiger partial charge in [0.25, 0.3) is 0 Å².